The molecule has 0 aromatic carbocycles. The molecule has 5 heteroatoms. The van der Waals surface area contributed by atoms with Crippen molar-refractivity contribution in [2.24, 2.45) is 4.99 Å². The Bertz CT molecular complexity index is 364. The Morgan fingerprint density at radius 3 is 3.00 bits per heavy atom. The zero-order valence-corrected chi connectivity index (χ0v) is 8.89. The summed E-state index contributed by atoms with van der Waals surface area (Å²) in [5.74, 6) is 1.67. The van der Waals surface area contributed by atoms with Gasteiger partial charge in [-0.2, -0.15) is 5.26 Å². The van der Waals surface area contributed by atoms with Gasteiger partial charge in [-0.1, -0.05) is 11.8 Å². The van der Waals surface area contributed by atoms with E-state index < -0.39 is 0 Å². The Morgan fingerprint density at radius 2 is 2.50 bits per heavy atom. The van der Waals surface area contributed by atoms with E-state index in [1.807, 2.05) is 31.5 Å². The van der Waals surface area contributed by atoms with Crippen LogP contribution in [0.1, 0.15) is 11.5 Å². The Balaban J connectivity index is 2.57. The first-order chi connectivity index (χ1) is 6.76. The Hall–Kier alpha value is -1.41. The van der Waals surface area contributed by atoms with Crippen LogP contribution in [0.2, 0.25) is 0 Å². The van der Waals surface area contributed by atoms with E-state index in [4.69, 9.17) is 9.68 Å². The fraction of sp³-hybridized carbons (Fsp3) is 0.333. The largest absolute Gasteiger partial charge is 0.464 e. The second-order valence-electron chi connectivity index (χ2n) is 2.57. The number of hydrogen-bond donors (Lipinski definition) is 1. The van der Waals surface area contributed by atoms with Crippen LogP contribution in [-0.4, -0.2) is 11.4 Å². The zero-order chi connectivity index (χ0) is 10.4. The standard InChI is InChI=1S/C9H11N3OS/c1-7-3-4-8(13-7)5-11-9(14-2)12-6-10/h3-4H,5H2,1-2H3,(H,11,12). The van der Waals surface area contributed by atoms with Crippen LogP contribution in [0.25, 0.3) is 0 Å². The van der Waals surface area contributed by atoms with Crippen molar-refractivity contribution in [1.29, 1.82) is 5.26 Å². The number of aryl methyl sites for hydroxylation is 1. The molecule has 1 aromatic rings. The van der Waals surface area contributed by atoms with E-state index in [9.17, 15) is 0 Å². The summed E-state index contributed by atoms with van der Waals surface area (Å²) in [4.78, 5) is 4.17. The van der Waals surface area contributed by atoms with E-state index in [1.165, 1.54) is 11.8 Å². The van der Waals surface area contributed by atoms with E-state index in [1.54, 1.807) is 0 Å². The van der Waals surface area contributed by atoms with E-state index in [-0.39, 0.29) is 0 Å². The van der Waals surface area contributed by atoms with Crippen LogP contribution < -0.4 is 5.32 Å². The predicted octanol–water partition coefficient (Wildman–Crippen LogP) is 1.88. The quantitative estimate of drug-likeness (QED) is 0.349. The molecule has 0 saturated heterocycles. The molecule has 74 valence electrons. The van der Waals surface area contributed by atoms with Crippen molar-refractivity contribution in [3.8, 4) is 6.19 Å². The second-order valence-corrected chi connectivity index (χ2v) is 3.37. The van der Waals surface area contributed by atoms with Gasteiger partial charge in [0.1, 0.15) is 11.5 Å². The molecule has 0 spiro atoms. The van der Waals surface area contributed by atoms with Crippen molar-refractivity contribution >= 4 is 16.9 Å². The molecule has 0 amide bonds. The Labute approximate surface area is 87.0 Å². The van der Waals surface area contributed by atoms with Gasteiger partial charge in [0.25, 0.3) is 0 Å². The van der Waals surface area contributed by atoms with Crippen molar-refractivity contribution in [3.05, 3.63) is 23.7 Å². The average Bonchev–Trinajstić information content (AvgIpc) is 2.59. The zero-order valence-electron chi connectivity index (χ0n) is 8.07. The number of furan rings is 1. The van der Waals surface area contributed by atoms with Gasteiger partial charge in [0, 0.05) is 0 Å². The molecule has 1 heterocycles. The molecule has 0 aliphatic rings. The Kier molecular flexibility index (Phi) is 4.08. The lowest BCUT2D eigenvalue weighted by molar-refractivity contribution is 0.486. The number of thioether (sulfide) groups is 1. The van der Waals surface area contributed by atoms with E-state index in [2.05, 4.69) is 10.3 Å². The maximum absolute atomic E-state index is 8.39. The van der Waals surface area contributed by atoms with Gasteiger partial charge in [-0.15, -0.1) is 0 Å². The van der Waals surface area contributed by atoms with Gasteiger partial charge in [-0.25, -0.2) is 0 Å². The number of nitrogens with one attached hydrogen (secondary N) is 1. The number of aliphatic imine (C=N–C) groups is 1. The highest BCUT2D eigenvalue weighted by Crippen LogP contribution is 2.08. The molecule has 0 radical (unpaired) electrons. The van der Waals surface area contributed by atoms with Gasteiger partial charge in [0.2, 0.25) is 0 Å². The summed E-state index contributed by atoms with van der Waals surface area (Å²) in [6.45, 7) is 2.34. The third-order valence-corrected chi connectivity index (χ3v) is 2.15. The smallest absolute Gasteiger partial charge is 0.183 e. The van der Waals surface area contributed by atoms with Crippen LogP contribution >= 0.6 is 11.8 Å². The highest BCUT2D eigenvalue weighted by molar-refractivity contribution is 8.13. The van der Waals surface area contributed by atoms with Crippen LogP contribution in [0.3, 0.4) is 0 Å². The molecule has 0 bridgehead atoms. The minimum Gasteiger partial charge on any atom is -0.464 e. The molecule has 0 aliphatic carbocycles. The lowest BCUT2D eigenvalue weighted by Crippen LogP contribution is -2.13. The van der Waals surface area contributed by atoms with Crippen molar-refractivity contribution < 1.29 is 4.42 Å². The molecule has 0 fully saturated rings. The number of amidine groups is 1. The van der Waals surface area contributed by atoms with Crippen molar-refractivity contribution in [3.63, 3.8) is 0 Å². The van der Waals surface area contributed by atoms with Gasteiger partial charge >= 0.3 is 0 Å². The van der Waals surface area contributed by atoms with Crippen LogP contribution in [0.4, 0.5) is 0 Å². The SMILES string of the molecule is CSC(=NCc1ccc(C)o1)NC#N. The molecule has 1 N–H and O–H groups in total. The van der Waals surface area contributed by atoms with E-state index in [0.717, 1.165) is 11.5 Å². The molecular weight excluding hydrogens is 198 g/mol. The maximum Gasteiger partial charge on any atom is 0.183 e. The van der Waals surface area contributed by atoms with Gasteiger partial charge in [0.05, 0.1) is 6.54 Å². The molecule has 0 atom stereocenters. The summed E-state index contributed by atoms with van der Waals surface area (Å²) in [5, 5.41) is 11.5. The number of rotatable bonds is 2. The van der Waals surface area contributed by atoms with Gasteiger partial charge in [-0.05, 0) is 25.3 Å². The average molecular weight is 209 g/mol. The van der Waals surface area contributed by atoms with Crippen LogP contribution in [-0.2, 0) is 6.54 Å². The van der Waals surface area contributed by atoms with Gasteiger partial charge in [0.15, 0.2) is 11.4 Å². The molecule has 0 unspecified atom stereocenters. The van der Waals surface area contributed by atoms with Crippen molar-refractivity contribution in [2.45, 2.75) is 13.5 Å². The third kappa shape index (κ3) is 3.15. The lowest BCUT2D eigenvalue weighted by Gasteiger charge is -1.97. The van der Waals surface area contributed by atoms with Gasteiger partial charge < -0.3 is 4.42 Å². The predicted molar refractivity (Wildman–Crippen MR) is 56.8 cm³/mol. The molecule has 1 rings (SSSR count). The van der Waals surface area contributed by atoms with Crippen molar-refractivity contribution in [1.82, 2.24) is 5.32 Å². The number of nitriles is 1. The molecule has 0 saturated carbocycles. The molecule has 1 aromatic heterocycles. The van der Waals surface area contributed by atoms with Crippen molar-refractivity contribution in [2.75, 3.05) is 6.26 Å². The lowest BCUT2D eigenvalue weighted by atomic mass is 10.4. The summed E-state index contributed by atoms with van der Waals surface area (Å²) < 4.78 is 5.33. The normalized spacial score (nSPS) is 11.1. The first-order valence-corrected chi connectivity index (χ1v) is 5.27. The minimum absolute atomic E-state index is 0.457. The number of hydrogen-bond acceptors (Lipinski definition) is 4. The topological polar surface area (TPSA) is 61.3 Å². The van der Waals surface area contributed by atoms with E-state index >= 15 is 0 Å². The van der Waals surface area contributed by atoms with Crippen LogP contribution in [0.15, 0.2) is 21.5 Å². The fourth-order valence-corrected chi connectivity index (χ4v) is 1.26. The molecule has 4 nitrogen and oxygen atoms in total. The fourth-order valence-electron chi connectivity index (χ4n) is 0.923. The maximum atomic E-state index is 8.39. The van der Waals surface area contributed by atoms with Crippen LogP contribution in [0.5, 0.6) is 0 Å². The van der Waals surface area contributed by atoms with E-state index in [0.29, 0.717) is 11.7 Å². The Morgan fingerprint density at radius 1 is 1.71 bits per heavy atom. The van der Waals surface area contributed by atoms with Crippen LogP contribution in [0, 0.1) is 18.4 Å². The highest BCUT2D eigenvalue weighted by Gasteiger charge is 1.98. The summed E-state index contributed by atoms with van der Waals surface area (Å²) >= 11 is 1.40. The highest BCUT2D eigenvalue weighted by atomic mass is 32.2. The number of nitrogens with zero attached hydrogens (tertiary/aromatic N) is 2. The minimum atomic E-state index is 0.457. The third-order valence-electron chi connectivity index (χ3n) is 1.53. The second kappa shape index (κ2) is 5.35. The molecule has 14 heavy (non-hydrogen) atoms. The summed E-state index contributed by atoms with van der Waals surface area (Å²) in [5.41, 5.74) is 0. The summed E-state index contributed by atoms with van der Waals surface area (Å²) in [7, 11) is 0. The molecule has 0 aliphatic heterocycles. The summed E-state index contributed by atoms with van der Waals surface area (Å²) in [6, 6.07) is 3.77. The first-order valence-electron chi connectivity index (χ1n) is 4.05. The monoisotopic (exact) mass is 209 g/mol. The molecular formula is C9H11N3OS. The van der Waals surface area contributed by atoms with Gasteiger partial charge in [-0.3, -0.25) is 10.3 Å². The first kappa shape index (κ1) is 10.7. The summed E-state index contributed by atoms with van der Waals surface area (Å²) in [6.07, 6.45) is 3.69.